The van der Waals surface area contributed by atoms with Crippen molar-refractivity contribution in [1.82, 2.24) is 10.6 Å². The van der Waals surface area contributed by atoms with Crippen LogP contribution < -0.4 is 15.4 Å². The Kier molecular flexibility index (Phi) is 11.9. The molecular weight excluding hydrogens is 500 g/mol. The molecule has 0 saturated heterocycles. The molecular formula is C31H35ClN2O4. The second kappa shape index (κ2) is 15.6. The monoisotopic (exact) mass is 534 g/mol. The van der Waals surface area contributed by atoms with Crippen LogP contribution in [0.1, 0.15) is 42.0 Å². The first-order valence-corrected chi connectivity index (χ1v) is 13.3. The minimum atomic E-state index is -0.250. The van der Waals surface area contributed by atoms with Gasteiger partial charge in [-0.05, 0) is 72.2 Å². The molecule has 7 heteroatoms. The van der Waals surface area contributed by atoms with Crippen molar-refractivity contribution in [2.45, 2.75) is 39.2 Å². The highest BCUT2D eigenvalue weighted by Gasteiger charge is 2.20. The number of para-hydroxylation sites is 1. The van der Waals surface area contributed by atoms with Gasteiger partial charge >= 0.3 is 0 Å². The van der Waals surface area contributed by atoms with Gasteiger partial charge in [0.05, 0.1) is 11.6 Å². The second-order valence-electron chi connectivity index (χ2n) is 8.87. The lowest BCUT2D eigenvalue weighted by Crippen LogP contribution is -2.34. The van der Waals surface area contributed by atoms with Gasteiger partial charge in [-0.25, -0.2) is 0 Å². The van der Waals surface area contributed by atoms with Gasteiger partial charge in [-0.2, -0.15) is 0 Å². The molecule has 0 atom stereocenters. The van der Waals surface area contributed by atoms with E-state index < -0.39 is 0 Å². The van der Waals surface area contributed by atoms with Crippen molar-refractivity contribution >= 4 is 29.6 Å². The molecule has 0 spiro atoms. The van der Waals surface area contributed by atoms with Crippen molar-refractivity contribution in [3.63, 3.8) is 0 Å². The summed E-state index contributed by atoms with van der Waals surface area (Å²) < 4.78 is 5.80. The van der Waals surface area contributed by atoms with E-state index in [4.69, 9.17) is 26.2 Å². The van der Waals surface area contributed by atoms with Gasteiger partial charge in [-0.1, -0.05) is 79.2 Å². The van der Waals surface area contributed by atoms with Crippen LogP contribution in [0.5, 0.6) is 5.75 Å². The van der Waals surface area contributed by atoms with Crippen LogP contribution >= 0.6 is 11.6 Å². The molecule has 3 N–H and O–H groups in total. The lowest BCUT2D eigenvalue weighted by molar-refractivity contribution is -0.123. The summed E-state index contributed by atoms with van der Waals surface area (Å²) in [6, 6.07) is 24.4. The van der Waals surface area contributed by atoms with E-state index in [1.54, 1.807) is 0 Å². The molecule has 1 aliphatic rings. The van der Waals surface area contributed by atoms with Gasteiger partial charge in [-0.15, -0.1) is 0 Å². The van der Waals surface area contributed by atoms with Crippen molar-refractivity contribution in [2.24, 2.45) is 0 Å². The number of halogens is 1. The number of rotatable bonds is 10. The average molecular weight is 535 g/mol. The van der Waals surface area contributed by atoms with Gasteiger partial charge in [0.15, 0.2) is 0 Å². The van der Waals surface area contributed by atoms with Crippen molar-refractivity contribution < 1.29 is 19.4 Å². The number of carbonyl (C=O) groups excluding carboxylic acids is 1. The predicted molar refractivity (Wildman–Crippen MR) is 152 cm³/mol. The lowest BCUT2D eigenvalue weighted by atomic mass is 9.92. The maximum Gasteiger partial charge on any atom is 0.290 e. The fraction of sp³-hybridized carbons (Fsp3) is 0.290. The smallest absolute Gasteiger partial charge is 0.290 e. The van der Waals surface area contributed by atoms with E-state index in [9.17, 15) is 4.79 Å². The number of nitrogens with one attached hydrogen (secondary N) is 2. The summed E-state index contributed by atoms with van der Waals surface area (Å²) in [5.41, 5.74) is 6.81. The summed E-state index contributed by atoms with van der Waals surface area (Å²) >= 11 is 6.15. The molecule has 0 fully saturated rings. The Bertz CT molecular complexity index is 1220. The van der Waals surface area contributed by atoms with E-state index in [1.165, 1.54) is 16.7 Å². The van der Waals surface area contributed by atoms with Crippen molar-refractivity contribution in [1.29, 1.82) is 0 Å². The van der Waals surface area contributed by atoms with Crippen LogP contribution in [-0.4, -0.2) is 37.2 Å². The first-order chi connectivity index (χ1) is 18.6. The van der Waals surface area contributed by atoms with E-state index in [1.807, 2.05) is 36.4 Å². The van der Waals surface area contributed by atoms with E-state index in [0.29, 0.717) is 24.7 Å². The third kappa shape index (κ3) is 8.47. The Labute approximate surface area is 229 Å². The normalized spacial score (nSPS) is 12.8. The molecule has 3 aromatic rings. The van der Waals surface area contributed by atoms with Crippen LogP contribution in [0, 0.1) is 0 Å². The van der Waals surface area contributed by atoms with Gasteiger partial charge in [0, 0.05) is 18.7 Å². The van der Waals surface area contributed by atoms with E-state index in [2.05, 4.69) is 54.0 Å². The van der Waals surface area contributed by atoms with Gasteiger partial charge in [0.25, 0.3) is 6.47 Å². The maximum atomic E-state index is 13.1. The number of carbonyl (C=O) groups is 2. The topological polar surface area (TPSA) is 87.7 Å². The molecule has 200 valence electrons. The standard InChI is InChI=1S/C30H33ClN2O2.CH2O2/c1-2-23-9-3-4-10-25(23)20-33-30(34)27-21-32-18-17-26(27)24-15-13-22(14-16-24)8-7-19-35-29-12-6-5-11-28(29)31;2-1-3/h3-6,9-16,32H,2,7-8,17-21H2,1H3,(H,33,34);1H,(H,2,3). The number of amides is 1. The summed E-state index contributed by atoms with van der Waals surface area (Å²) in [6.45, 7) is 4.54. The molecule has 0 aliphatic carbocycles. The van der Waals surface area contributed by atoms with Gasteiger partial charge < -0.3 is 20.5 Å². The number of carboxylic acid groups (broad SMARTS) is 1. The summed E-state index contributed by atoms with van der Waals surface area (Å²) in [6.07, 6.45) is 3.64. The zero-order chi connectivity index (χ0) is 27.2. The number of hydrogen-bond acceptors (Lipinski definition) is 4. The van der Waals surface area contributed by atoms with Gasteiger partial charge in [-0.3, -0.25) is 9.59 Å². The van der Waals surface area contributed by atoms with Crippen LogP contribution in [0.4, 0.5) is 0 Å². The van der Waals surface area contributed by atoms with Crippen LogP contribution in [-0.2, 0) is 29.0 Å². The fourth-order valence-corrected chi connectivity index (χ4v) is 4.66. The first-order valence-electron chi connectivity index (χ1n) is 12.9. The Balaban J connectivity index is 0.00000127. The SMILES string of the molecule is CCc1ccccc1CNC(=O)C1=C(c2ccc(CCCOc3ccccc3Cl)cc2)CCNC1.O=CO. The third-order valence-electron chi connectivity index (χ3n) is 6.44. The number of aryl methyl sites for hydroxylation is 2. The fourth-order valence-electron chi connectivity index (χ4n) is 4.47. The Morgan fingerprint density at radius 1 is 1.05 bits per heavy atom. The molecule has 4 rings (SSSR count). The summed E-state index contributed by atoms with van der Waals surface area (Å²) in [7, 11) is 0. The molecule has 6 nitrogen and oxygen atoms in total. The summed E-state index contributed by atoms with van der Waals surface area (Å²) in [5.74, 6) is 0.741. The number of hydrogen-bond donors (Lipinski definition) is 3. The molecule has 38 heavy (non-hydrogen) atoms. The van der Waals surface area contributed by atoms with Crippen molar-refractivity contribution in [3.8, 4) is 5.75 Å². The third-order valence-corrected chi connectivity index (χ3v) is 6.75. The molecule has 0 unspecified atom stereocenters. The van der Waals surface area contributed by atoms with E-state index in [0.717, 1.165) is 54.7 Å². The Morgan fingerprint density at radius 2 is 1.74 bits per heavy atom. The highest BCUT2D eigenvalue weighted by molar-refractivity contribution is 6.32. The zero-order valence-electron chi connectivity index (χ0n) is 21.7. The van der Waals surface area contributed by atoms with Crippen LogP contribution in [0.3, 0.4) is 0 Å². The van der Waals surface area contributed by atoms with E-state index in [-0.39, 0.29) is 12.4 Å². The lowest BCUT2D eigenvalue weighted by Gasteiger charge is -2.22. The molecule has 0 bridgehead atoms. The van der Waals surface area contributed by atoms with Crippen LogP contribution in [0.2, 0.25) is 5.02 Å². The van der Waals surface area contributed by atoms with Crippen molar-refractivity contribution in [2.75, 3.05) is 19.7 Å². The van der Waals surface area contributed by atoms with Gasteiger partial charge in [0.2, 0.25) is 5.91 Å². The Hall–Kier alpha value is -3.61. The Morgan fingerprint density at radius 3 is 2.45 bits per heavy atom. The summed E-state index contributed by atoms with van der Waals surface area (Å²) in [5, 5.41) is 14.0. The predicted octanol–water partition coefficient (Wildman–Crippen LogP) is 5.68. The molecule has 0 saturated carbocycles. The number of benzene rings is 3. The molecule has 1 aliphatic heterocycles. The molecule has 3 aromatic carbocycles. The minimum Gasteiger partial charge on any atom is -0.492 e. The zero-order valence-corrected chi connectivity index (χ0v) is 22.5. The minimum absolute atomic E-state index is 0.0129. The first kappa shape index (κ1) is 29.0. The largest absolute Gasteiger partial charge is 0.492 e. The molecule has 0 aromatic heterocycles. The average Bonchev–Trinajstić information content (AvgIpc) is 2.96. The maximum absolute atomic E-state index is 13.1. The number of ether oxygens (including phenoxy) is 1. The molecule has 0 radical (unpaired) electrons. The van der Waals surface area contributed by atoms with Crippen molar-refractivity contribution in [3.05, 3.63) is 106 Å². The van der Waals surface area contributed by atoms with Crippen LogP contribution in [0.25, 0.3) is 5.57 Å². The highest BCUT2D eigenvalue weighted by Crippen LogP contribution is 2.26. The van der Waals surface area contributed by atoms with Crippen LogP contribution in [0.15, 0.2) is 78.4 Å². The highest BCUT2D eigenvalue weighted by atomic mass is 35.5. The molecule has 1 heterocycles. The summed E-state index contributed by atoms with van der Waals surface area (Å²) in [4.78, 5) is 21.5. The quantitative estimate of drug-likeness (QED) is 0.230. The van der Waals surface area contributed by atoms with E-state index >= 15 is 0 Å². The molecule has 1 amide bonds. The van der Waals surface area contributed by atoms with Gasteiger partial charge in [0.1, 0.15) is 5.75 Å². The second-order valence-corrected chi connectivity index (χ2v) is 9.28.